The van der Waals surface area contributed by atoms with E-state index in [4.69, 9.17) is 4.98 Å². The van der Waals surface area contributed by atoms with Crippen LogP contribution in [0.2, 0.25) is 0 Å². The van der Waals surface area contributed by atoms with Gasteiger partial charge in [-0.25, -0.2) is 4.98 Å². The fourth-order valence-electron chi connectivity index (χ4n) is 12.6. The summed E-state index contributed by atoms with van der Waals surface area (Å²) in [5, 5.41) is 0. The maximum absolute atomic E-state index is 5.68. The Morgan fingerprint density at radius 3 is 1.68 bits per heavy atom. The summed E-state index contributed by atoms with van der Waals surface area (Å²) in [6.07, 6.45) is 2.25. The number of rotatable bonds is 3. The minimum Gasteiger partial charge on any atom is -0.311 e. The number of anilines is 6. The molecule has 0 saturated heterocycles. The zero-order valence-electron chi connectivity index (χ0n) is 40.1. The van der Waals surface area contributed by atoms with Gasteiger partial charge in [-0.3, -0.25) is 4.90 Å². The van der Waals surface area contributed by atoms with Gasteiger partial charge in [0.1, 0.15) is 5.82 Å². The van der Waals surface area contributed by atoms with Gasteiger partial charge in [0.15, 0.2) is 0 Å². The van der Waals surface area contributed by atoms with Crippen LogP contribution in [0.5, 0.6) is 0 Å². The van der Waals surface area contributed by atoms with Gasteiger partial charge in [0.05, 0.1) is 5.69 Å². The molecule has 0 unspecified atom stereocenters. The average Bonchev–Trinajstić information content (AvgIpc) is 3.49. The Balaban J connectivity index is 1.33. The van der Waals surface area contributed by atoms with Crippen molar-refractivity contribution in [1.82, 2.24) is 4.98 Å². The van der Waals surface area contributed by atoms with Crippen molar-refractivity contribution in [2.75, 3.05) is 9.80 Å². The Kier molecular flexibility index (Phi) is 8.58. The molecule has 0 N–H and O–H groups in total. The monoisotopic (exact) mass is 816 g/mol. The first kappa shape index (κ1) is 41.0. The van der Waals surface area contributed by atoms with E-state index in [2.05, 4.69) is 217 Å². The number of hydrogen-bond donors (Lipinski definition) is 0. The Morgan fingerprint density at radius 2 is 1.05 bits per heavy atom. The van der Waals surface area contributed by atoms with Gasteiger partial charge in [0.25, 0.3) is 6.71 Å². The first-order chi connectivity index (χ1) is 28.9. The Bertz CT molecular complexity index is 2840. The summed E-state index contributed by atoms with van der Waals surface area (Å²) in [5.74, 6) is 1.05. The molecule has 0 radical (unpaired) electrons. The van der Waals surface area contributed by atoms with Crippen molar-refractivity contribution in [2.45, 2.75) is 149 Å². The van der Waals surface area contributed by atoms with Crippen LogP contribution in [-0.4, -0.2) is 11.7 Å². The molecule has 6 aromatic rings. The molecule has 0 spiro atoms. The normalized spacial score (nSPS) is 18.5. The predicted molar refractivity (Wildman–Crippen MR) is 267 cm³/mol. The summed E-state index contributed by atoms with van der Waals surface area (Å²) >= 11 is 0. The highest BCUT2D eigenvalue weighted by Gasteiger charge is 2.50. The molecule has 0 bridgehead atoms. The van der Waals surface area contributed by atoms with Crippen LogP contribution in [0.3, 0.4) is 0 Å². The van der Waals surface area contributed by atoms with Crippen molar-refractivity contribution in [2.24, 2.45) is 0 Å². The third-order valence-corrected chi connectivity index (χ3v) is 15.2. The number of aryl methyl sites for hydroxylation is 1. The summed E-state index contributed by atoms with van der Waals surface area (Å²) in [6, 6.07) is 40.5. The number of fused-ring (bicyclic) bond motifs is 6. The van der Waals surface area contributed by atoms with Crippen LogP contribution < -0.4 is 26.2 Å². The lowest BCUT2D eigenvalue weighted by Gasteiger charge is -2.45. The molecule has 0 fully saturated rings. The number of hydrogen-bond acceptors (Lipinski definition) is 3. The van der Waals surface area contributed by atoms with E-state index in [1.807, 2.05) is 0 Å². The van der Waals surface area contributed by atoms with Crippen molar-refractivity contribution in [3.63, 3.8) is 0 Å². The Morgan fingerprint density at radius 1 is 0.500 bits per heavy atom. The zero-order valence-corrected chi connectivity index (χ0v) is 40.1. The second-order valence-corrected chi connectivity index (χ2v) is 24.1. The van der Waals surface area contributed by atoms with E-state index in [9.17, 15) is 0 Å². The highest BCUT2D eigenvalue weighted by atomic mass is 15.2. The summed E-state index contributed by atoms with van der Waals surface area (Å²) < 4.78 is 0. The molecule has 0 saturated carbocycles. The predicted octanol–water partition coefficient (Wildman–Crippen LogP) is 13.7. The number of aromatic nitrogens is 1. The van der Waals surface area contributed by atoms with Gasteiger partial charge in [-0.05, 0) is 150 Å². The minimum absolute atomic E-state index is 0.00321. The van der Waals surface area contributed by atoms with Gasteiger partial charge < -0.3 is 4.90 Å². The zero-order chi connectivity index (χ0) is 44.3. The Labute approximate surface area is 373 Å². The summed E-state index contributed by atoms with van der Waals surface area (Å²) in [4.78, 5) is 10.8. The molecule has 3 nitrogen and oxygen atoms in total. The summed E-state index contributed by atoms with van der Waals surface area (Å²) in [7, 11) is 0. The van der Waals surface area contributed by atoms with Crippen LogP contribution in [0.4, 0.5) is 34.3 Å². The van der Waals surface area contributed by atoms with Gasteiger partial charge in [-0.15, -0.1) is 0 Å². The summed E-state index contributed by atoms with van der Waals surface area (Å²) in [6.45, 7) is 35.7. The molecule has 2 aliphatic carbocycles. The van der Waals surface area contributed by atoms with E-state index in [0.29, 0.717) is 0 Å². The minimum atomic E-state index is -0.0312. The highest BCUT2D eigenvalue weighted by molar-refractivity contribution is 7.00. The molecular formula is C58H66BN3. The fraction of sp³-hybridized carbons (Fsp3) is 0.397. The molecular weight excluding hydrogens is 749 g/mol. The second kappa shape index (κ2) is 13.0. The van der Waals surface area contributed by atoms with Gasteiger partial charge in [0, 0.05) is 34.0 Å². The number of nitrogens with zero attached hydrogens (tertiary/aromatic N) is 3. The van der Waals surface area contributed by atoms with Crippen LogP contribution in [0.15, 0.2) is 103 Å². The molecule has 316 valence electrons. The lowest BCUT2D eigenvalue weighted by atomic mass is 9.33. The first-order valence-electron chi connectivity index (χ1n) is 23.2. The lowest BCUT2D eigenvalue weighted by molar-refractivity contribution is 0.403. The largest absolute Gasteiger partial charge is 0.311 e. The van der Waals surface area contributed by atoms with Crippen molar-refractivity contribution in [3.8, 4) is 11.1 Å². The summed E-state index contributed by atoms with van der Waals surface area (Å²) in [5.41, 5.74) is 22.4. The first-order valence-corrected chi connectivity index (χ1v) is 23.2. The van der Waals surface area contributed by atoms with Crippen LogP contribution in [0.25, 0.3) is 11.1 Å². The van der Waals surface area contributed by atoms with Crippen LogP contribution in [0, 0.1) is 6.92 Å². The van der Waals surface area contributed by atoms with Crippen molar-refractivity contribution >= 4 is 57.4 Å². The molecule has 3 heterocycles. The SMILES string of the molecule is Cc1cc2c3c(n1)N(c1ccc4c(c1)C(C)(C)CC4(C)C)c1cc4c(cc1B3c1cc(C(C)(C)C)ccc1N2c1ccc(C(C)(C)C)cc1-c1ccccc1)C(C)(C)CC4(C)C. The molecule has 10 rings (SSSR count). The standard InChI is InChI=1S/C58H66BN3/c1-35-27-50-51-52(60-35)61(39-23-24-41-42(30-39)56(10,11)33-55(41,8)9)49-32-44-43(57(12,13)34-58(44,14)15)31-46(49)59(51)45-29-38(54(5,6)7)22-26-48(45)62(50)47-25-21-37(53(2,3)4)28-40(47)36-19-17-16-18-20-36/h16-32H,33-34H2,1-15H3. The van der Waals surface area contributed by atoms with Crippen LogP contribution in [0.1, 0.15) is 149 Å². The number of pyridine rings is 1. The molecule has 0 amide bonds. The van der Waals surface area contributed by atoms with Crippen LogP contribution >= 0.6 is 0 Å². The maximum Gasteiger partial charge on any atom is 0.254 e. The number of benzene rings is 5. The smallest absolute Gasteiger partial charge is 0.254 e. The van der Waals surface area contributed by atoms with Gasteiger partial charge in [0.2, 0.25) is 0 Å². The molecule has 0 atom stereocenters. The average molecular weight is 816 g/mol. The van der Waals surface area contributed by atoms with E-state index in [1.54, 1.807) is 0 Å². The quantitative estimate of drug-likeness (QED) is 0.166. The molecule has 5 aromatic carbocycles. The lowest BCUT2D eigenvalue weighted by Crippen LogP contribution is -2.62. The molecule has 4 heteroatoms. The van der Waals surface area contributed by atoms with E-state index in [-0.39, 0.29) is 39.2 Å². The van der Waals surface area contributed by atoms with E-state index >= 15 is 0 Å². The van der Waals surface area contributed by atoms with Gasteiger partial charge in [-0.1, -0.05) is 158 Å². The maximum atomic E-state index is 5.68. The highest BCUT2D eigenvalue weighted by Crippen LogP contribution is 2.55. The van der Waals surface area contributed by atoms with Gasteiger partial charge >= 0.3 is 0 Å². The topological polar surface area (TPSA) is 19.4 Å². The van der Waals surface area contributed by atoms with Crippen molar-refractivity contribution < 1.29 is 0 Å². The van der Waals surface area contributed by atoms with E-state index in [0.717, 1.165) is 24.4 Å². The fourth-order valence-corrected chi connectivity index (χ4v) is 12.6. The molecule has 4 aliphatic rings. The third-order valence-electron chi connectivity index (χ3n) is 15.2. The second-order valence-electron chi connectivity index (χ2n) is 24.1. The third kappa shape index (κ3) is 6.09. The van der Waals surface area contributed by atoms with Crippen LogP contribution in [-0.2, 0) is 32.5 Å². The van der Waals surface area contributed by atoms with E-state index in [1.165, 1.54) is 89.3 Å². The van der Waals surface area contributed by atoms with E-state index < -0.39 is 0 Å². The Hall–Kier alpha value is -5.09. The molecule has 1 aromatic heterocycles. The van der Waals surface area contributed by atoms with Crippen molar-refractivity contribution in [1.29, 1.82) is 0 Å². The van der Waals surface area contributed by atoms with Crippen molar-refractivity contribution in [3.05, 3.63) is 142 Å². The van der Waals surface area contributed by atoms with Gasteiger partial charge in [-0.2, -0.15) is 0 Å². The molecule has 2 aliphatic heterocycles. The molecule has 62 heavy (non-hydrogen) atoms.